The lowest BCUT2D eigenvalue weighted by Gasteiger charge is -2.12. The number of rotatable bonds is 5. The zero-order valence-corrected chi connectivity index (χ0v) is 15.5. The molecule has 2 aromatic rings. The van der Waals surface area contributed by atoms with Crippen molar-refractivity contribution in [1.29, 1.82) is 0 Å². The fraction of sp³-hybridized carbons (Fsp3) is 0.105. The summed E-state index contributed by atoms with van der Waals surface area (Å²) in [7, 11) is 1.28. The maximum absolute atomic E-state index is 12.6. The number of imide groups is 1. The number of nitrogens with zero attached hydrogens (tertiary/aromatic N) is 2. The molecule has 0 N–H and O–H groups in total. The minimum atomic E-state index is -0.548. The van der Waals surface area contributed by atoms with Gasteiger partial charge in [0.2, 0.25) is 0 Å². The molecule has 2 amide bonds. The van der Waals surface area contributed by atoms with Crippen LogP contribution in [0.1, 0.15) is 21.5 Å². The average Bonchev–Trinajstić information content (AvgIpc) is 2.95. The van der Waals surface area contributed by atoms with Crippen LogP contribution in [0.15, 0.2) is 53.4 Å². The van der Waals surface area contributed by atoms with E-state index >= 15 is 0 Å². The molecule has 0 saturated carbocycles. The van der Waals surface area contributed by atoms with Crippen LogP contribution in [0.2, 0.25) is 0 Å². The van der Waals surface area contributed by atoms with Gasteiger partial charge in [-0.2, -0.15) is 0 Å². The van der Waals surface area contributed by atoms with E-state index in [4.69, 9.17) is 0 Å². The Morgan fingerprint density at radius 3 is 2.50 bits per heavy atom. The first-order valence-corrected chi connectivity index (χ1v) is 8.88. The number of thioether (sulfide) groups is 1. The van der Waals surface area contributed by atoms with E-state index in [1.165, 1.54) is 31.4 Å². The number of amides is 2. The van der Waals surface area contributed by atoms with Crippen LogP contribution in [0.3, 0.4) is 0 Å². The van der Waals surface area contributed by atoms with Gasteiger partial charge in [-0.3, -0.25) is 24.6 Å². The van der Waals surface area contributed by atoms with Crippen molar-refractivity contribution in [1.82, 2.24) is 4.90 Å². The van der Waals surface area contributed by atoms with Gasteiger partial charge in [0.05, 0.1) is 29.0 Å². The van der Waals surface area contributed by atoms with Crippen molar-refractivity contribution in [2.45, 2.75) is 6.54 Å². The lowest BCUT2D eigenvalue weighted by molar-refractivity contribution is -0.385. The molecule has 0 radical (unpaired) electrons. The quantitative estimate of drug-likeness (QED) is 0.328. The highest BCUT2D eigenvalue weighted by Gasteiger charge is 2.36. The number of ether oxygens (including phenoxy) is 1. The molecule has 0 bridgehead atoms. The fourth-order valence-corrected chi connectivity index (χ4v) is 3.45. The molecule has 0 atom stereocenters. The van der Waals surface area contributed by atoms with Crippen molar-refractivity contribution in [3.63, 3.8) is 0 Å². The molecule has 0 spiro atoms. The second-order valence-corrected chi connectivity index (χ2v) is 6.76. The molecule has 142 valence electrons. The molecule has 0 unspecified atom stereocenters. The summed E-state index contributed by atoms with van der Waals surface area (Å²) in [6.45, 7) is -0.180. The third-order valence-corrected chi connectivity index (χ3v) is 4.93. The lowest BCUT2D eigenvalue weighted by Crippen LogP contribution is -2.27. The first kappa shape index (κ1) is 19.3. The average molecular weight is 398 g/mol. The first-order chi connectivity index (χ1) is 13.4. The summed E-state index contributed by atoms with van der Waals surface area (Å²) in [5.74, 6) is -0.999. The number of carbonyl (C=O) groups excluding carboxylic acids is 3. The van der Waals surface area contributed by atoms with Crippen molar-refractivity contribution in [2.75, 3.05) is 7.11 Å². The number of hydrogen-bond acceptors (Lipinski definition) is 7. The number of esters is 1. The molecule has 28 heavy (non-hydrogen) atoms. The fourth-order valence-electron chi connectivity index (χ4n) is 2.61. The number of nitro groups is 1. The van der Waals surface area contributed by atoms with E-state index in [9.17, 15) is 24.5 Å². The molecule has 8 nitrogen and oxygen atoms in total. The lowest BCUT2D eigenvalue weighted by atomic mass is 10.1. The Morgan fingerprint density at radius 1 is 1.18 bits per heavy atom. The van der Waals surface area contributed by atoms with Crippen LogP contribution in [0, 0.1) is 10.1 Å². The Bertz CT molecular complexity index is 1000. The topological polar surface area (TPSA) is 107 Å². The van der Waals surface area contributed by atoms with Crippen LogP contribution >= 0.6 is 11.8 Å². The molecular formula is C19H14N2O6S. The Balaban J connectivity index is 1.81. The summed E-state index contributed by atoms with van der Waals surface area (Å²) in [5, 5.41) is 10.6. The third kappa shape index (κ3) is 3.94. The van der Waals surface area contributed by atoms with Gasteiger partial charge in [-0.1, -0.05) is 30.3 Å². The van der Waals surface area contributed by atoms with Gasteiger partial charge >= 0.3 is 5.97 Å². The highest BCUT2D eigenvalue weighted by molar-refractivity contribution is 8.18. The Labute approximate surface area is 163 Å². The number of benzene rings is 2. The zero-order valence-electron chi connectivity index (χ0n) is 14.7. The van der Waals surface area contributed by atoms with Crippen LogP contribution in [-0.4, -0.2) is 34.0 Å². The summed E-state index contributed by atoms with van der Waals surface area (Å²) in [6, 6.07) is 12.3. The van der Waals surface area contributed by atoms with Gasteiger partial charge in [0.25, 0.3) is 16.8 Å². The number of para-hydroxylation sites is 1. The normalized spacial score (nSPS) is 15.2. The smallest absolute Gasteiger partial charge is 0.337 e. The monoisotopic (exact) mass is 398 g/mol. The van der Waals surface area contributed by atoms with Crippen molar-refractivity contribution < 1.29 is 24.0 Å². The summed E-state index contributed by atoms with van der Waals surface area (Å²) < 4.78 is 4.63. The molecule has 2 aromatic carbocycles. The molecule has 9 heteroatoms. The summed E-state index contributed by atoms with van der Waals surface area (Å²) in [4.78, 5) is 48.1. The molecule has 1 fully saturated rings. The second-order valence-electron chi connectivity index (χ2n) is 5.77. The van der Waals surface area contributed by atoms with Crippen molar-refractivity contribution in [3.05, 3.63) is 80.2 Å². The Kier molecular flexibility index (Phi) is 5.55. The highest BCUT2D eigenvalue weighted by atomic mass is 32.2. The largest absolute Gasteiger partial charge is 0.465 e. The van der Waals surface area contributed by atoms with Gasteiger partial charge in [-0.05, 0) is 35.5 Å². The van der Waals surface area contributed by atoms with Crippen LogP contribution in [-0.2, 0) is 16.1 Å². The van der Waals surface area contributed by atoms with E-state index in [1.807, 2.05) is 0 Å². The zero-order chi connectivity index (χ0) is 20.3. The molecular weight excluding hydrogens is 384 g/mol. The van der Waals surface area contributed by atoms with Crippen LogP contribution in [0.25, 0.3) is 6.08 Å². The number of methoxy groups -OCH3 is 1. The van der Waals surface area contributed by atoms with E-state index in [0.717, 1.165) is 16.7 Å². The SMILES string of the molecule is COC(=O)c1ccc(/C=C2\SC(=O)N(Cc3ccccc3[N+](=O)[O-])C2=O)cc1. The summed E-state index contributed by atoms with van der Waals surface area (Å²) >= 11 is 0.762. The van der Waals surface area contributed by atoms with E-state index in [-0.39, 0.29) is 22.7 Å². The molecule has 1 saturated heterocycles. The van der Waals surface area contributed by atoms with Crippen LogP contribution in [0.4, 0.5) is 10.5 Å². The maximum Gasteiger partial charge on any atom is 0.337 e. The van der Waals surface area contributed by atoms with Gasteiger partial charge in [0.1, 0.15) is 0 Å². The minimum absolute atomic E-state index is 0.149. The van der Waals surface area contributed by atoms with E-state index in [2.05, 4.69) is 4.74 Å². The Morgan fingerprint density at radius 2 is 1.86 bits per heavy atom. The van der Waals surface area contributed by atoms with E-state index < -0.39 is 22.0 Å². The van der Waals surface area contributed by atoms with Crippen molar-refractivity contribution in [3.8, 4) is 0 Å². The molecule has 1 heterocycles. The van der Waals surface area contributed by atoms with Gasteiger partial charge < -0.3 is 4.74 Å². The van der Waals surface area contributed by atoms with Crippen LogP contribution in [0.5, 0.6) is 0 Å². The van der Waals surface area contributed by atoms with Gasteiger partial charge in [0, 0.05) is 11.6 Å². The highest BCUT2D eigenvalue weighted by Crippen LogP contribution is 2.34. The van der Waals surface area contributed by atoms with E-state index in [1.54, 1.807) is 30.3 Å². The van der Waals surface area contributed by atoms with Crippen molar-refractivity contribution in [2.24, 2.45) is 0 Å². The minimum Gasteiger partial charge on any atom is -0.465 e. The Hall–Kier alpha value is -3.46. The first-order valence-electron chi connectivity index (χ1n) is 8.06. The van der Waals surface area contributed by atoms with Gasteiger partial charge in [-0.15, -0.1) is 0 Å². The number of carbonyl (C=O) groups is 3. The predicted octanol–water partition coefficient (Wildman–Crippen LogP) is 3.62. The second kappa shape index (κ2) is 8.05. The molecule has 3 rings (SSSR count). The molecule has 0 aliphatic carbocycles. The van der Waals surface area contributed by atoms with Crippen molar-refractivity contribution >= 4 is 40.6 Å². The predicted molar refractivity (Wildman–Crippen MR) is 102 cm³/mol. The third-order valence-electron chi connectivity index (χ3n) is 4.02. The van der Waals surface area contributed by atoms with Crippen LogP contribution < -0.4 is 0 Å². The number of nitro benzene ring substituents is 1. The van der Waals surface area contributed by atoms with E-state index in [0.29, 0.717) is 11.1 Å². The molecule has 1 aliphatic rings. The van der Waals surface area contributed by atoms with Gasteiger partial charge in [0.15, 0.2) is 0 Å². The standard InChI is InChI=1S/C19H14N2O6S/c1-27-18(23)13-8-6-12(7-9-13)10-16-17(22)20(19(24)28-16)11-14-4-2-3-5-15(14)21(25)26/h2-10H,11H2,1H3/b16-10-. The molecule has 0 aromatic heterocycles. The summed E-state index contributed by atoms with van der Waals surface area (Å²) in [5.41, 5.74) is 1.12. The number of hydrogen-bond donors (Lipinski definition) is 0. The van der Waals surface area contributed by atoms with Gasteiger partial charge in [-0.25, -0.2) is 4.79 Å². The maximum atomic E-state index is 12.6. The summed E-state index contributed by atoms with van der Waals surface area (Å²) in [6.07, 6.45) is 1.53. The molecule has 1 aliphatic heterocycles.